The first-order valence-corrected chi connectivity index (χ1v) is 5.62. The Labute approximate surface area is 99.5 Å². The molecule has 0 aromatic heterocycles. The summed E-state index contributed by atoms with van der Waals surface area (Å²) in [4.78, 5) is 12.9. The standard InChI is InChI=1S/C11H19F2NO3/c1-10(2,3)17-9(16)14-5-4-11(12,13)8(6-14)7-15/h8,15H,4-7H2,1-3H3. The van der Waals surface area contributed by atoms with Gasteiger partial charge in [-0.2, -0.15) is 0 Å². The summed E-state index contributed by atoms with van der Waals surface area (Å²) >= 11 is 0. The molecule has 1 aliphatic rings. The van der Waals surface area contributed by atoms with Crippen LogP contribution in [0.2, 0.25) is 0 Å². The molecule has 0 saturated carbocycles. The Hall–Kier alpha value is -0.910. The smallest absolute Gasteiger partial charge is 0.410 e. The highest BCUT2D eigenvalue weighted by molar-refractivity contribution is 5.68. The molecule has 1 atom stereocenters. The van der Waals surface area contributed by atoms with Gasteiger partial charge in [-0.05, 0) is 20.8 Å². The monoisotopic (exact) mass is 251 g/mol. The predicted molar refractivity (Wildman–Crippen MR) is 57.9 cm³/mol. The molecule has 6 heteroatoms. The number of aliphatic hydroxyl groups is 1. The number of halogens is 2. The van der Waals surface area contributed by atoms with Crippen molar-refractivity contribution in [2.75, 3.05) is 19.7 Å². The number of hydrogen-bond acceptors (Lipinski definition) is 3. The van der Waals surface area contributed by atoms with E-state index in [1.54, 1.807) is 20.8 Å². The quantitative estimate of drug-likeness (QED) is 0.774. The summed E-state index contributed by atoms with van der Waals surface area (Å²) in [6.07, 6.45) is -1.04. The largest absolute Gasteiger partial charge is 0.444 e. The highest BCUT2D eigenvalue weighted by atomic mass is 19.3. The maximum Gasteiger partial charge on any atom is 0.410 e. The van der Waals surface area contributed by atoms with Crippen molar-refractivity contribution in [2.24, 2.45) is 5.92 Å². The average Bonchev–Trinajstić information content (AvgIpc) is 2.14. The third kappa shape index (κ3) is 3.80. The summed E-state index contributed by atoms with van der Waals surface area (Å²) in [6, 6.07) is 0. The number of carbonyl (C=O) groups excluding carboxylic acids is 1. The van der Waals surface area contributed by atoms with E-state index < -0.39 is 36.6 Å². The number of ether oxygens (including phenoxy) is 1. The van der Waals surface area contributed by atoms with Gasteiger partial charge in [0.1, 0.15) is 5.60 Å². The van der Waals surface area contributed by atoms with Gasteiger partial charge in [0.05, 0.1) is 12.5 Å². The first kappa shape index (κ1) is 14.2. The van der Waals surface area contributed by atoms with Gasteiger partial charge in [-0.15, -0.1) is 0 Å². The summed E-state index contributed by atoms with van der Waals surface area (Å²) in [7, 11) is 0. The van der Waals surface area contributed by atoms with Crippen LogP contribution in [-0.2, 0) is 4.74 Å². The minimum Gasteiger partial charge on any atom is -0.444 e. The number of rotatable bonds is 1. The van der Waals surface area contributed by atoms with Crippen LogP contribution in [0.1, 0.15) is 27.2 Å². The Morgan fingerprint density at radius 2 is 2.12 bits per heavy atom. The molecule has 0 aromatic rings. The van der Waals surface area contributed by atoms with Crippen LogP contribution < -0.4 is 0 Å². The second-order valence-corrected chi connectivity index (χ2v) is 5.32. The number of amides is 1. The van der Waals surface area contributed by atoms with Crippen LogP contribution in [0.5, 0.6) is 0 Å². The lowest BCUT2D eigenvalue weighted by Crippen LogP contribution is -2.51. The van der Waals surface area contributed by atoms with Gasteiger partial charge in [0.15, 0.2) is 0 Å². The van der Waals surface area contributed by atoms with Gasteiger partial charge in [-0.3, -0.25) is 0 Å². The van der Waals surface area contributed by atoms with Crippen LogP contribution in [0.25, 0.3) is 0 Å². The molecule has 1 unspecified atom stereocenters. The number of carbonyl (C=O) groups is 1. The van der Waals surface area contributed by atoms with Gasteiger partial charge < -0.3 is 14.7 Å². The fourth-order valence-electron chi connectivity index (χ4n) is 1.66. The van der Waals surface area contributed by atoms with Gasteiger partial charge in [-0.1, -0.05) is 0 Å². The van der Waals surface area contributed by atoms with E-state index in [-0.39, 0.29) is 13.1 Å². The predicted octanol–water partition coefficient (Wildman–Crippen LogP) is 1.87. The average molecular weight is 251 g/mol. The van der Waals surface area contributed by atoms with E-state index in [1.807, 2.05) is 0 Å². The molecule has 1 rings (SSSR count). The summed E-state index contributed by atoms with van der Waals surface area (Å²) in [5.41, 5.74) is -0.647. The molecule has 0 spiro atoms. The Kier molecular flexibility index (Phi) is 3.96. The van der Waals surface area contributed by atoms with Crippen molar-refractivity contribution < 1.29 is 23.4 Å². The molecule has 1 saturated heterocycles. The van der Waals surface area contributed by atoms with Crippen LogP contribution >= 0.6 is 0 Å². The van der Waals surface area contributed by atoms with Crippen LogP contribution in [0.4, 0.5) is 13.6 Å². The second-order valence-electron chi connectivity index (χ2n) is 5.32. The van der Waals surface area contributed by atoms with E-state index in [0.717, 1.165) is 0 Å². The number of hydrogen-bond donors (Lipinski definition) is 1. The molecule has 1 heterocycles. The number of nitrogens with zero attached hydrogens (tertiary/aromatic N) is 1. The molecule has 0 bridgehead atoms. The first-order chi connectivity index (χ1) is 7.65. The van der Waals surface area contributed by atoms with Gasteiger partial charge in [-0.25, -0.2) is 13.6 Å². The van der Waals surface area contributed by atoms with Gasteiger partial charge in [0.2, 0.25) is 0 Å². The third-order valence-corrected chi connectivity index (χ3v) is 2.63. The van der Waals surface area contributed by atoms with E-state index in [1.165, 1.54) is 4.90 Å². The molecule has 1 amide bonds. The zero-order valence-corrected chi connectivity index (χ0v) is 10.4. The zero-order chi connectivity index (χ0) is 13.3. The van der Waals surface area contributed by atoms with Crippen molar-refractivity contribution in [3.8, 4) is 0 Å². The maximum atomic E-state index is 13.3. The van der Waals surface area contributed by atoms with Crippen LogP contribution in [0.3, 0.4) is 0 Å². The summed E-state index contributed by atoms with van der Waals surface area (Å²) in [5, 5.41) is 8.90. The van der Waals surface area contributed by atoms with E-state index in [4.69, 9.17) is 9.84 Å². The van der Waals surface area contributed by atoms with Crippen molar-refractivity contribution in [3.63, 3.8) is 0 Å². The van der Waals surface area contributed by atoms with Gasteiger partial charge in [0, 0.05) is 19.5 Å². The molecule has 100 valence electrons. The molecular formula is C11H19F2NO3. The van der Waals surface area contributed by atoms with Gasteiger partial charge in [0.25, 0.3) is 5.92 Å². The molecular weight excluding hydrogens is 232 g/mol. The number of piperidine rings is 1. The zero-order valence-electron chi connectivity index (χ0n) is 10.4. The normalized spacial score (nSPS) is 24.6. The van der Waals surface area contributed by atoms with Crippen LogP contribution in [0, 0.1) is 5.92 Å². The van der Waals surface area contributed by atoms with Crippen LogP contribution in [0.15, 0.2) is 0 Å². The molecule has 17 heavy (non-hydrogen) atoms. The Bertz CT molecular complexity index is 289. The first-order valence-electron chi connectivity index (χ1n) is 5.62. The lowest BCUT2D eigenvalue weighted by Gasteiger charge is -2.37. The highest BCUT2D eigenvalue weighted by Gasteiger charge is 2.45. The molecule has 0 aromatic carbocycles. The fraction of sp³-hybridized carbons (Fsp3) is 0.909. The minimum absolute atomic E-state index is 0.0432. The molecule has 0 aliphatic carbocycles. The Balaban J connectivity index is 2.61. The van der Waals surface area contributed by atoms with Crippen molar-refractivity contribution in [2.45, 2.75) is 38.7 Å². The minimum atomic E-state index is -2.91. The van der Waals surface area contributed by atoms with Crippen molar-refractivity contribution in [1.82, 2.24) is 4.90 Å². The van der Waals surface area contributed by atoms with E-state index in [0.29, 0.717) is 0 Å². The molecule has 1 N–H and O–H groups in total. The van der Waals surface area contributed by atoms with E-state index >= 15 is 0 Å². The van der Waals surface area contributed by atoms with E-state index in [9.17, 15) is 13.6 Å². The molecule has 4 nitrogen and oxygen atoms in total. The lowest BCUT2D eigenvalue weighted by molar-refractivity contribution is -0.118. The molecule has 1 fully saturated rings. The molecule has 1 aliphatic heterocycles. The lowest BCUT2D eigenvalue weighted by atomic mass is 9.94. The van der Waals surface area contributed by atoms with E-state index in [2.05, 4.69) is 0 Å². The van der Waals surface area contributed by atoms with Crippen molar-refractivity contribution in [1.29, 1.82) is 0 Å². The number of likely N-dealkylation sites (tertiary alicyclic amines) is 1. The number of alkyl halides is 2. The van der Waals surface area contributed by atoms with Crippen molar-refractivity contribution >= 4 is 6.09 Å². The second kappa shape index (κ2) is 4.76. The fourth-order valence-corrected chi connectivity index (χ4v) is 1.66. The van der Waals surface area contributed by atoms with Gasteiger partial charge >= 0.3 is 6.09 Å². The number of aliphatic hydroxyl groups excluding tert-OH is 1. The molecule has 0 radical (unpaired) electrons. The summed E-state index contributed by atoms with van der Waals surface area (Å²) in [5.74, 6) is -4.11. The third-order valence-electron chi connectivity index (χ3n) is 2.63. The maximum absolute atomic E-state index is 13.3. The Morgan fingerprint density at radius 3 is 2.59 bits per heavy atom. The van der Waals surface area contributed by atoms with Crippen LogP contribution in [-0.4, -0.2) is 47.3 Å². The SMILES string of the molecule is CC(C)(C)OC(=O)N1CCC(F)(F)C(CO)C1. The topological polar surface area (TPSA) is 49.8 Å². The summed E-state index contributed by atoms with van der Waals surface area (Å²) in [6.45, 7) is 4.30. The van der Waals surface area contributed by atoms with Crippen molar-refractivity contribution in [3.05, 3.63) is 0 Å². The summed E-state index contributed by atoms with van der Waals surface area (Å²) < 4.78 is 31.7. The highest BCUT2D eigenvalue weighted by Crippen LogP contribution is 2.33. The Morgan fingerprint density at radius 1 is 1.53 bits per heavy atom.